The van der Waals surface area contributed by atoms with Crippen molar-refractivity contribution in [1.29, 1.82) is 0 Å². The summed E-state index contributed by atoms with van der Waals surface area (Å²) in [5.74, 6) is 2.14. The van der Waals surface area contributed by atoms with Gasteiger partial charge in [0.25, 0.3) is 0 Å². The maximum Gasteiger partial charge on any atom is 0.241 e. The molecular formula is C16H21FN2OS. The van der Waals surface area contributed by atoms with Crippen LogP contribution in [0.5, 0.6) is 0 Å². The average Bonchev–Trinajstić information content (AvgIpc) is 2.85. The molecule has 2 fully saturated rings. The first kappa shape index (κ1) is 14.9. The molecule has 1 N–H and O–H groups in total. The van der Waals surface area contributed by atoms with Crippen molar-refractivity contribution >= 4 is 17.7 Å². The van der Waals surface area contributed by atoms with Gasteiger partial charge in [-0.1, -0.05) is 19.1 Å². The summed E-state index contributed by atoms with van der Waals surface area (Å²) in [6, 6.07) is 6.66. The van der Waals surface area contributed by atoms with Gasteiger partial charge in [-0.25, -0.2) is 4.39 Å². The van der Waals surface area contributed by atoms with Gasteiger partial charge in [0.15, 0.2) is 0 Å². The number of carbonyl (C=O) groups excluding carboxylic acids is 1. The summed E-state index contributed by atoms with van der Waals surface area (Å²) in [5, 5.41) is 3.42. The molecular weight excluding hydrogens is 287 g/mol. The van der Waals surface area contributed by atoms with Crippen molar-refractivity contribution in [3.05, 3.63) is 35.6 Å². The van der Waals surface area contributed by atoms with Crippen LogP contribution < -0.4 is 5.32 Å². The third-order valence-corrected chi connectivity index (χ3v) is 5.51. The molecule has 0 bridgehead atoms. The molecule has 2 heterocycles. The van der Waals surface area contributed by atoms with Crippen molar-refractivity contribution < 1.29 is 9.18 Å². The molecule has 0 radical (unpaired) electrons. The Bertz CT molecular complexity index is 502. The lowest BCUT2D eigenvalue weighted by Gasteiger charge is -2.35. The number of rotatable bonds is 3. The van der Waals surface area contributed by atoms with E-state index >= 15 is 0 Å². The number of halogens is 1. The maximum atomic E-state index is 13.1. The summed E-state index contributed by atoms with van der Waals surface area (Å²) in [5.41, 5.74) is 0.969. The Labute approximate surface area is 129 Å². The summed E-state index contributed by atoms with van der Waals surface area (Å²) in [6.45, 7) is 2.02. The van der Waals surface area contributed by atoms with Gasteiger partial charge in [-0.15, -0.1) is 0 Å². The highest BCUT2D eigenvalue weighted by Crippen LogP contribution is 2.33. The number of amides is 1. The van der Waals surface area contributed by atoms with E-state index in [9.17, 15) is 9.18 Å². The number of thioether (sulfide) groups is 1. The fourth-order valence-corrected chi connectivity index (χ4v) is 4.31. The van der Waals surface area contributed by atoms with Crippen LogP contribution >= 0.6 is 11.8 Å². The molecule has 0 aliphatic carbocycles. The molecule has 3 atom stereocenters. The highest BCUT2D eigenvalue weighted by molar-refractivity contribution is 7.99. The zero-order chi connectivity index (χ0) is 14.8. The Hall–Kier alpha value is -1.07. The standard InChI is InChI=1S/C16H21FN2OS/c1-2-14-16(20)19(13-4-3-9-21-10-13)15(18-14)11-5-7-12(17)8-6-11/h5-8,13-15,18H,2-4,9-10H2,1H3. The van der Waals surface area contributed by atoms with Gasteiger partial charge in [-0.3, -0.25) is 10.1 Å². The van der Waals surface area contributed by atoms with E-state index in [1.54, 1.807) is 12.1 Å². The number of hydrogen-bond donors (Lipinski definition) is 1. The fourth-order valence-electron chi connectivity index (χ4n) is 3.18. The fraction of sp³-hybridized carbons (Fsp3) is 0.562. The van der Waals surface area contributed by atoms with Crippen LogP contribution in [0, 0.1) is 5.82 Å². The van der Waals surface area contributed by atoms with Crippen LogP contribution in [-0.4, -0.2) is 34.4 Å². The van der Waals surface area contributed by atoms with E-state index in [-0.39, 0.29) is 30.0 Å². The lowest BCUT2D eigenvalue weighted by Crippen LogP contribution is -2.43. The number of nitrogens with one attached hydrogen (secondary N) is 1. The van der Waals surface area contributed by atoms with E-state index in [0.29, 0.717) is 0 Å². The van der Waals surface area contributed by atoms with Gasteiger partial charge in [0.05, 0.1) is 6.04 Å². The van der Waals surface area contributed by atoms with Crippen LogP contribution in [0.4, 0.5) is 4.39 Å². The van der Waals surface area contributed by atoms with E-state index < -0.39 is 0 Å². The molecule has 21 heavy (non-hydrogen) atoms. The molecule has 1 aromatic carbocycles. The molecule has 1 amide bonds. The third kappa shape index (κ3) is 2.94. The minimum Gasteiger partial charge on any atom is -0.318 e. The van der Waals surface area contributed by atoms with Gasteiger partial charge in [0, 0.05) is 11.8 Å². The van der Waals surface area contributed by atoms with Crippen LogP contribution in [0.15, 0.2) is 24.3 Å². The Kier molecular flexibility index (Phi) is 4.50. The van der Waals surface area contributed by atoms with E-state index in [1.807, 2.05) is 23.6 Å². The van der Waals surface area contributed by atoms with E-state index in [4.69, 9.17) is 0 Å². The lowest BCUT2D eigenvalue weighted by molar-refractivity contribution is -0.132. The molecule has 0 saturated carbocycles. The van der Waals surface area contributed by atoms with Crippen molar-refractivity contribution in [3.8, 4) is 0 Å². The number of hydrogen-bond acceptors (Lipinski definition) is 3. The van der Waals surface area contributed by atoms with Gasteiger partial charge >= 0.3 is 0 Å². The molecule has 3 nitrogen and oxygen atoms in total. The number of nitrogens with zero attached hydrogens (tertiary/aromatic N) is 1. The second-order valence-electron chi connectivity index (χ2n) is 5.70. The van der Waals surface area contributed by atoms with E-state index in [0.717, 1.165) is 30.6 Å². The largest absolute Gasteiger partial charge is 0.318 e. The van der Waals surface area contributed by atoms with Crippen LogP contribution in [0.1, 0.15) is 37.9 Å². The quantitative estimate of drug-likeness (QED) is 0.932. The predicted octanol–water partition coefficient (Wildman–Crippen LogP) is 2.93. The van der Waals surface area contributed by atoms with Crippen LogP contribution in [0.2, 0.25) is 0 Å². The van der Waals surface area contributed by atoms with Crippen LogP contribution in [0.25, 0.3) is 0 Å². The number of benzene rings is 1. The molecule has 1 aromatic rings. The van der Waals surface area contributed by atoms with Gasteiger partial charge in [-0.2, -0.15) is 11.8 Å². The van der Waals surface area contributed by atoms with Gasteiger partial charge in [0.2, 0.25) is 5.91 Å². The van der Waals surface area contributed by atoms with Gasteiger partial charge in [-0.05, 0) is 42.7 Å². The summed E-state index contributed by atoms with van der Waals surface area (Å²) >= 11 is 1.92. The van der Waals surface area contributed by atoms with E-state index in [2.05, 4.69) is 5.32 Å². The molecule has 114 valence electrons. The summed E-state index contributed by atoms with van der Waals surface area (Å²) in [4.78, 5) is 14.7. The SMILES string of the molecule is CCC1NC(c2ccc(F)cc2)N(C2CCCSC2)C1=O. The number of carbonyl (C=O) groups is 1. The Balaban J connectivity index is 1.88. The second-order valence-corrected chi connectivity index (χ2v) is 6.85. The normalized spacial score (nSPS) is 29.9. The summed E-state index contributed by atoms with van der Waals surface area (Å²) in [7, 11) is 0. The minimum absolute atomic E-state index is 0.119. The molecule has 3 rings (SSSR count). The monoisotopic (exact) mass is 308 g/mol. The molecule has 3 unspecified atom stereocenters. The molecule has 0 spiro atoms. The van der Waals surface area contributed by atoms with Gasteiger partial charge < -0.3 is 4.90 Å². The summed E-state index contributed by atoms with van der Waals surface area (Å²) < 4.78 is 13.1. The lowest BCUT2D eigenvalue weighted by atomic mass is 10.1. The predicted molar refractivity (Wildman–Crippen MR) is 83.5 cm³/mol. The molecule has 2 aliphatic rings. The Morgan fingerprint density at radius 1 is 1.38 bits per heavy atom. The van der Waals surface area contributed by atoms with Crippen molar-refractivity contribution in [3.63, 3.8) is 0 Å². The molecule has 0 aromatic heterocycles. The first-order chi connectivity index (χ1) is 10.2. The summed E-state index contributed by atoms with van der Waals surface area (Å²) in [6.07, 6.45) is 2.89. The second kappa shape index (κ2) is 6.36. The minimum atomic E-state index is -0.241. The highest BCUT2D eigenvalue weighted by atomic mass is 32.2. The molecule has 2 saturated heterocycles. The highest BCUT2D eigenvalue weighted by Gasteiger charge is 2.42. The zero-order valence-electron chi connectivity index (χ0n) is 12.2. The Morgan fingerprint density at radius 3 is 2.76 bits per heavy atom. The van der Waals surface area contributed by atoms with Crippen LogP contribution in [-0.2, 0) is 4.79 Å². The Morgan fingerprint density at radius 2 is 2.14 bits per heavy atom. The topological polar surface area (TPSA) is 32.3 Å². The van der Waals surface area contributed by atoms with E-state index in [1.165, 1.54) is 17.9 Å². The first-order valence-corrected chi connectivity index (χ1v) is 8.77. The van der Waals surface area contributed by atoms with Crippen molar-refractivity contribution in [2.24, 2.45) is 0 Å². The van der Waals surface area contributed by atoms with Gasteiger partial charge in [0.1, 0.15) is 12.0 Å². The van der Waals surface area contributed by atoms with Crippen LogP contribution in [0.3, 0.4) is 0 Å². The van der Waals surface area contributed by atoms with Crippen molar-refractivity contribution in [2.75, 3.05) is 11.5 Å². The zero-order valence-corrected chi connectivity index (χ0v) is 13.0. The molecule has 2 aliphatic heterocycles. The van der Waals surface area contributed by atoms with Crippen molar-refractivity contribution in [1.82, 2.24) is 10.2 Å². The smallest absolute Gasteiger partial charge is 0.241 e. The average molecular weight is 308 g/mol. The third-order valence-electron chi connectivity index (χ3n) is 4.31. The van der Waals surface area contributed by atoms with Crippen molar-refractivity contribution in [2.45, 2.75) is 44.4 Å². The molecule has 5 heteroatoms. The first-order valence-electron chi connectivity index (χ1n) is 7.62. The maximum absolute atomic E-state index is 13.1.